The summed E-state index contributed by atoms with van der Waals surface area (Å²) < 4.78 is 6.83. The average Bonchev–Trinajstić information content (AvgIpc) is 2.39. The second-order valence-corrected chi connectivity index (χ2v) is 3.07. The minimum absolute atomic E-state index is 0. The molecule has 0 unspecified atom stereocenters. The third kappa shape index (κ3) is 4.09. The minimum Gasteiger partial charge on any atom is -0.383 e. The molecule has 0 atom stereocenters. The lowest BCUT2D eigenvalue weighted by atomic mass is 10.3. The Labute approximate surface area is 91.0 Å². The van der Waals surface area contributed by atoms with E-state index in [0.29, 0.717) is 0 Å². The minimum atomic E-state index is 0. The third-order valence-corrected chi connectivity index (χ3v) is 1.89. The Balaban J connectivity index is 0.00000169. The zero-order chi connectivity index (χ0) is 9.68. The monoisotopic (exact) mass is 219 g/mol. The lowest BCUT2D eigenvalue weighted by molar-refractivity contribution is 0.199. The fraction of sp³-hybridized carbons (Fsp3) is 0.667. The topological polar surface area (TPSA) is 39.1 Å². The van der Waals surface area contributed by atoms with Crippen molar-refractivity contribution in [3.8, 4) is 0 Å². The summed E-state index contributed by atoms with van der Waals surface area (Å²) >= 11 is 0. The first-order valence-corrected chi connectivity index (χ1v) is 4.43. The Bertz CT molecular complexity index is 263. The molecule has 1 rings (SSSR count). The zero-order valence-corrected chi connectivity index (χ0v) is 9.73. The van der Waals surface area contributed by atoms with Crippen molar-refractivity contribution in [2.45, 2.75) is 13.5 Å². The SMILES string of the molecule is COCCNCc1cc(C)nn1C.Cl. The number of hydrogen-bond acceptors (Lipinski definition) is 3. The van der Waals surface area contributed by atoms with Gasteiger partial charge >= 0.3 is 0 Å². The molecule has 0 aliphatic rings. The fourth-order valence-electron chi connectivity index (χ4n) is 1.22. The van der Waals surface area contributed by atoms with Crippen molar-refractivity contribution in [2.75, 3.05) is 20.3 Å². The molecule has 0 aliphatic carbocycles. The molecule has 5 heteroatoms. The highest BCUT2D eigenvalue weighted by Crippen LogP contribution is 2.00. The van der Waals surface area contributed by atoms with Gasteiger partial charge in [0.1, 0.15) is 0 Å². The van der Waals surface area contributed by atoms with Crippen molar-refractivity contribution in [3.63, 3.8) is 0 Å². The summed E-state index contributed by atoms with van der Waals surface area (Å²) in [5.41, 5.74) is 2.26. The number of methoxy groups -OCH3 is 1. The van der Waals surface area contributed by atoms with Crippen LogP contribution in [0.25, 0.3) is 0 Å². The van der Waals surface area contributed by atoms with Gasteiger partial charge in [-0.05, 0) is 13.0 Å². The number of aromatic nitrogens is 2. The number of aryl methyl sites for hydroxylation is 2. The molecule has 0 radical (unpaired) electrons. The first-order chi connectivity index (χ1) is 6.24. The first-order valence-electron chi connectivity index (χ1n) is 4.43. The highest BCUT2D eigenvalue weighted by Gasteiger charge is 1.99. The average molecular weight is 220 g/mol. The van der Waals surface area contributed by atoms with E-state index in [4.69, 9.17) is 4.74 Å². The predicted octanol–water partition coefficient (Wildman–Crippen LogP) is 0.886. The molecule has 1 aromatic rings. The van der Waals surface area contributed by atoms with Crippen LogP contribution < -0.4 is 5.32 Å². The Morgan fingerprint density at radius 1 is 1.57 bits per heavy atom. The number of nitrogens with zero attached hydrogens (tertiary/aromatic N) is 2. The molecular weight excluding hydrogens is 202 g/mol. The van der Waals surface area contributed by atoms with Crippen molar-refractivity contribution in [1.82, 2.24) is 15.1 Å². The van der Waals surface area contributed by atoms with Crippen molar-refractivity contribution in [3.05, 3.63) is 17.5 Å². The molecule has 0 spiro atoms. The quantitative estimate of drug-likeness (QED) is 0.748. The number of ether oxygens (including phenoxy) is 1. The lowest BCUT2D eigenvalue weighted by Gasteiger charge is -2.03. The van der Waals surface area contributed by atoms with Gasteiger partial charge in [-0.1, -0.05) is 0 Å². The van der Waals surface area contributed by atoms with Crippen molar-refractivity contribution < 1.29 is 4.74 Å². The van der Waals surface area contributed by atoms with E-state index in [0.717, 1.165) is 25.4 Å². The van der Waals surface area contributed by atoms with Gasteiger partial charge in [-0.15, -0.1) is 12.4 Å². The molecule has 4 nitrogen and oxygen atoms in total. The van der Waals surface area contributed by atoms with E-state index in [-0.39, 0.29) is 12.4 Å². The zero-order valence-electron chi connectivity index (χ0n) is 8.91. The predicted molar refractivity (Wildman–Crippen MR) is 58.8 cm³/mol. The Hall–Kier alpha value is -0.580. The normalized spacial score (nSPS) is 9.93. The van der Waals surface area contributed by atoms with Crippen LogP contribution in [0.4, 0.5) is 0 Å². The molecule has 0 saturated heterocycles. The smallest absolute Gasteiger partial charge is 0.0597 e. The van der Waals surface area contributed by atoms with Crippen LogP contribution in [0.15, 0.2) is 6.07 Å². The molecule has 0 bridgehead atoms. The van der Waals surface area contributed by atoms with Gasteiger partial charge in [-0.3, -0.25) is 4.68 Å². The summed E-state index contributed by atoms with van der Waals surface area (Å²) in [6, 6.07) is 2.08. The number of halogens is 1. The van der Waals surface area contributed by atoms with E-state index < -0.39 is 0 Å². The van der Waals surface area contributed by atoms with Crippen LogP contribution in [-0.4, -0.2) is 30.0 Å². The fourth-order valence-corrected chi connectivity index (χ4v) is 1.22. The summed E-state index contributed by atoms with van der Waals surface area (Å²) in [7, 11) is 3.66. The van der Waals surface area contributed by atoms with Gasteiger partial charge < -0.3 is 10.1 Å². The molecule has 0 aromatic carbocycles. The van der Waals surface area contributed by atoms with Crippen LogP contribution in [0.2, 0.25) is 0 Å². The van der Waals surface area contributed by atoms with Gasteiger partial charge in [0.15, 0.2) is 0 Å². The molecule has 1 N–H and O–H groups in total. The molecule has 1 aromatic heterocycles. The summed E-state index contributed by atoms with van der Waals surface area (Å²) in [5.74, 6) is 0. The maximum Gasteiger partial charge on any atom is 0.0597 e. The van der Waals surface area contributed by atoms with E-state index in [9.17, 15) is 0 Å². The Kier molecular flexibility index (Phi) is 6.53. The number of rotatable bonds is 5. The van der Waals surface area contributed by atoms with Crippen molar-refractivity contribution >= 4 is 12.4 Å². The maximum atomic E-state index is 4.93. The highest BCUT2D eigenvalue weighted by molar-refractivity contribution is 5.85. The molecule has 0 saturated carbocycles. The van der Waals surface area contributed by atoms with Gasteiger partial charge in [0, 0.05) is 27.2 Å². The van der Waals surface area contributed by atoms with Gasteiger partial charge in [-0.2, -0.15) is 5.10 Å². The maximum absolute atomic E-state index is 4.93. The first kappa shape index (κ1) is 13.4. The Morgan fingerprint density at radius 2 is 2.29 bits per heavy atom. The summed E-state index contributed by atoms with van der Waals surface area (Å²) in [6.45, 7) is 4.47. The van der Waals surface area contributed by atoms with Crippen LogP contribution in [-0.2, 0) is 18.3 Å². The standard InChI is InChI=1S/C9H17N3O.ClH/c1-8-6-9(12(2)11-8)7-10-4-5-13-3;/h6,10H,4-5,7H2,1-3H3;1H. The largest absolute Gasteiger partial charge is 0.383 e. The van der Waals surface area contributed by atoms with Crippen molar-refractivity contribution in [2.24, 2.45) is 7.05 Å². The third-order valence-electron chi connectivity index (χ3n) is 1.89. The Morgan fingerprint density at radius 3 is 2.79 bits per heavy atom. The van der Waals surface area contributed by atoms with Crippen LogP contribution in [0.5, 0.6) is 0 Å². The molecule has 0 fully saturated rings. The molecule has 0 aliphatic heterocycles. The number of nitrogens with one attached hydrogen (secondary N) is 1. The van der Waals surface area contributed by atoms with E-state index in [1.54, 1.807) is 7.11 Å². The summed E-state index contributed by atoms with van der Waals surface area (Å²) in [4.78, 5) is 0. The van der Waals surface area contributed by atoms with Crippen LogP contribution in [0.1, 0.15) is 11.4 Å². The van der Waals surface area contributed by atoms with Crippen LogP contribution in [0.3, 0.4) is 0 Å². The van der Waals surface area contributed by atoms with Crippen LogP contribution >= 0.6 is 12.4 Å². The molecule has 0 amide bonds. The number of hydrogen-bond donors (Lipinski definition) is 1. The molecule has 82 valence electrons. The summed E-state index contributed by atoms with van der Waals surface area (Å²) in [6.07, 6.45) is 0. The second-order valence-electron chi connectivity index (χ2n) is 3.07. The van der Waals surface area contributed by atoms with Crippen molar-refractivity contribution in [1.29, 1.82) is 0 Å². The summed E-state index contributed by atoms with van der Waals surface area (Å²) in [5, 5.41) is 7.53. The molecule has 1 heterocycles. The van der Waals surface area contributed by atoms with E-state index in [1.165, 1.54) is 5.69 Å². The van der Waals surface area contributed by atoms with Gasteiger partial charge in [0.05, 0.1) is 18.0 Å². The second kappa shape index (κ2) is 6.81. The van der Waals surface area contributed by atoms with E-state index >= 15 is 0 Å². The molecular formula is C9H18ClN3O. The van der Waals surface area contributed by atoms with E-state index in [1.807, 2.05) is 18.7 Å². The molecule has 14 heavy (non-hydrogen) atoms. The highest BCUT2D eigenvalue weighted by atomic mass is 35.5. The lowest BCUT2D eigenvalue weighted by Crippen LogP contribution is -2.20. The van der Waals surface area contributed by atoms with Gasteiger partial charge in [0.2, 0.25) is 0 Å². The van der Waals surface area contributed by atoms with Crippen LogP contribution in [0, 0.1) is 6.92 Å². The van der Waals surface area contributed by atoms with Gasteiger partial charge in [0.25, 0.3) is 0 Å². The van der Waals surface area contributed by atoms with Gasteiger partial charge in [-0.25, -0.2) is 0 Å². The van der Waals surface area contributed by atoms with E-state index in [2.05, 4.69) is 16.5 Å².